The van der Waals surface area contributed by atoms with Crippen LogP contribution < -0.4 is 10.6 Å². The van der Waals surface area contributed by atoms with E-state index in [1.807, 2.05) is 35.7 Å². The van der Waals surface area contributed by atoms with Gasteiger partial charge >= 0.3 is 0 Å². The predicted molar refractivity (Wildman–Crippen MR) is 89.4 cm³/mol. The average Bonchev–Trinajstić information content (AvgIpc) is 3.02. The fourth-order valence-electron chi connectivity index (χ4n) is 1.98. The van der Waals surface area contributed by atoms with E-state index in [0.29, 0.717) is 5.95 Å². The van der Waals surface area contributed by atoms with Crippen molar-refractivity contribution >= 4 is 34.6 Å². The molecule has 110 valence electrons. The largest absolute Gasteiger partial charge is 0.326 e. The van der Waals surface area contributed by atoms with E-state index in [1.165, 1.54) is 6.92 Å². The summed E-state index contributed by atoms with van der Waals surface area (Å²) < 4.78 is 0. The van der Waals surface area contributed by atoms with Crippen molar-refractivity contribution in [2.24, 2.45) is 0 Å². The minimum Gasteiger partial charge on any atom is -0.326 e. The van der Waals surface area contributed by atoms with Crippen molar-refractivity contribution in [2.75, 3.05) is 10.6 Å². The zero-order chi connectivity index (χ0) is 15.4. The van der Waals surface area contributed by atoms with E-state index in [4.69, 9.17) is 0 Å². The lowest BCUT2D eigenvalue weighted by Gasteiger charge is -2.07. The number of hydrogen-bond acceptors (Lipinski definition) is 5. The fourth-order valence-corrected chi connectivity index (χ4v) is 2.64. The van der Waals surface area contributed by atoms with Gasteiger partial charge in [-0.25, -0.2) is 9.97 Å². The second-order valence-electron chi connectivity index (χ2n) is 4.69. The molecule has 1 aromatic carbocycles. The molecule has 0 radical (unpaired) electrons. The van der Waals surface area contributed by atoms with Crippen LogP contribution in [0.1, 0.15) is 6.92 Å². The summed E-state index contributed by atoms with van der Waals surface area (Å²) in [7, 11) is 0. The van der Waals surface area contributed by atoms with Crippen molar-refractivity contribution in [3.63, 3.8) is 0 Å². The summed E-state index contributed by atoms with van der Waals surface area (Å²) in [5.41, 5.74) is 3.64. The van der Waals surface area contributed by atoms with Crippen LogP contribution in [0, 0.1) is 0 Å². The lowest BCUT2D eigenvalue weighted by Crippen LogP contribution is -2.06. The van der Waals surface area contributed by atoms with Crippen LogP contribution >= 0.6 is 11.3 Å². The van der Waals surface area contributed by atoms with Crippen molar-refractivity contribution in [3.8, 4) is 11.1 Å². The summed E-state index contributed by atoms with van der Waals surface area (Å²) in [4.78, 5) is 19.7. The molecule has 0 aliphatic carbocycles. The van der Waals surface area contributed by atoms with E-state index in [0.717, 1.165) is 22.5 Å². The van der Waals surface area contributed by atoms with E-state index >= 15 is 0 Å². The van der Waals surface area contributed by atoms with Crippen LogP contribution in [0.4, 0.5) is 17.3 Å². The Morgan fingerprint density at radius 2 is 1.86 bits per heavy atom. The molecule has 2 aromatic heterocycles. The van der Waals surface area contributed by atoms with E-state index in [1.54, 1.807) is 23.7 Å². The van der Waals surface area contributed by atoms with Crippen molar-refractivity contribution in [3.05, 3.63) is 53.5 Å². The minimum atomic E-state index is -0.103. The molecule has 0 atom stereocenters. The first-order chi connectivity index (χ1) is 10.7. The molecule has 1 amide bonds. The normalized spacial score (nSPS) is 10.2. The molecule has 3 rings (SSSR count). The van der Waals surface area contributed by atoms with Crippen LogP contribution in [0.15, 0.2) is 53.5 Å². The monoisotopic (exact) mass is 310 g/mol. The van der Waals surface area contributed by atoms with E-state index in [2.05, 4.69) is 26.0 Å². The molecule has 0 fully saturated rings. The molecule has 5 nitrogen and oxygen atoms in total. The number of rotatable bonds is 4. The summed E-state index contributed by atoms with van der Waals surface area (Å²) in [6.07, 6.45) is 3.57. The fraction of sp³-hybridized carbons (Fsp3) is 0.0625. The average molecular weight is 310 g/mol. The second-order valence-corrected chi connectivity index (χ2v) is 5.47. The highest BCUT2D eigenvalue weighted by Gasteiger charge is 2.03. The predicted octanol–water partition coefficient (Wildman–Crippen LogP) is 3.91. The quantitative estimate of drug-likeness (QED) is 0.767. The number of anilines is 3. The number of nitrogens with zero attached hydrogens (tertiary/aromatic N) is 2. The van der Waals surface area contributed by atoms with Gasteiger partial charge in [-0.15, -0.1) is 0 Å². The first kappa shape index (κ1) is 14.2. The molecule has 0 unspecified atom stereocenters. The third-order valence-corrected chi connectivity index (χ3v) is 3.63. The molecule has 2 heterocycles. The smallest absolute Gasteiger partial charge is 0.227 e. The molecule has 3 aromatic rings. The highest BCUT2D eigenvalue weighted by Crippen LogP contribution is 2.22. The van der Waals surface area contributed by atoms with Crippen LogP contribution in [0.5, 0.6) is 0 Å². The Morgan fingerprint density at radius 1 is 1.09 bits per heavy atom. The summed E-state index contributed by atoms with van der Waals surface area (Å²) in [6.45, 7) is 1.48. The maximum absolute atomic E-state index is 11.1. The molecule has 2 N–H and O–H groups in total. The highest BCUT2D eigenvalue weighted by atomic mass is 32.1. The number of amides is 1. The Balaban J connectivity index is 1.74. The Morgan fingerprint density at radius 3 is 2.55 bits per heavy atom. The lowest BCUT2D eigenvalue weighted by atomic mass is 10.2. The minimum absolute atomic E-state index is 0.103. The highest BCUT2D eigenvalue weighted by molar-refractivity contribution is 7.08. The maximum atomic E-state index is 11.1. The number of carbonyl (C=O) groups is 1. The summed E-state index contributed by atoms with van der Waals surface area (Å²) in [5.74, 6) is 0.410. The molecule has 0 bridgehead atoms. The van der Waals surface area contributed by atoms with Gasteiger partial charge in [0, 0.05) is 36.3 Å². The SMILES string of the molecule is CC(=O)Nc1cccc(Nc2ncc(-c3ccsc3)cn2)c1. The number of benzene rings is 1. The molecule has 0 aliphatic rings. The Kier molecular flexibility index (Phi) is 4.11. The van der Waals surface area contributed by atoms with Gasteiger partial charge in [0.15, 0.2) is 0 Å². The van der Waals surface area contributed by atoms with Crippen LogP contribution in [0.3, 0.4) is 0 Å². The van der Waals surface area contributed by atoms with E-state index < -0.39 is 0 Å². The van der Waals surface area contributed by atoms with Gasteiger partial charge in [0.2, 0.25) is 11.9 Å². The molecule has 0 spiro atoms. The van der Waals surface area contributed by atoms with Gasteiger partial charge in [-0.3, -0.25) is 4.79 Å². The molecule has 0 saturated heterocycles. The third-order valence-electron chi connectivity index (χ3n) is 2.95. The van der Waals surface area contributed by atoms with Gasteiger partial charge in [0.25, 0.3) is 0 Å². The van der Waals surface area contributed by atoms with Gasteiger partial charge in [-0.05, 0) is 40.6 Å². The van der Waals surface area contributed by atoms with Crippen LogP contribution in [0.25, 0.3) is 11.1 Å². The molecular formula is C16H14N4OS. The molecule has 0 aliphatic heterocycles. The summed E-state index contributed by atoms with van der Waals surface area (Å²) in [5, 5.41) is 9.94. The van der Waals surface area contributed by atoms with E-state index in [-0.39, 0.29) is 5.91 Å². The lowest BCUT2D eigenvalue weighted by molar-refractivity contribution is -0.114. The Bertz CT molecular complexity index is 769. The van der Waals surface area contributed by atoms with E-state index in [9.17, 15) is 4.79 Å². The van der Waals surface area contributed by atoms with Crippen molar-refractivity contribution in [1.29, 1.82) is 0 Å². The maximum Gasteiger partial charge on any atom is 0.227 e. The summed E-state index contributed by atoms with van der Waals surface area (Å²) in [6, 6.07) is 9.44. The first-order valence-electron chi connectivity index (χ1n) is 6.70. The molecular weight excluding hydrogens is 296 g/mol. The van der Waals surface area contributed by atoms with Crippen LogP contribution in [-0.2, 0) is 4.79 Å². The Labute approximate surface area is 132 Å². The molecule has 6 heteroatoms. The number of carbonyl (C=O) groups excluding carboxylic acids is 1. The zero-order valence-corrected chi connectivity index (χ0v) is 12.7. The van der Waals surface area contributed by atoms with Gasteiger partial charge in [0.1, 0.15) is 0 Å². The third kappa shape index (κ3) is 3.48. The van der Waals surface area contributed by atoms with Crippen molar-refractivity contribution in [1.82, 2.24) is 9.97 Å². The van der Waals surface area contributed by atoms with Crippen molar-refractivity contribution in [2.45, 2.75) is 6.92 Å². The van der Waals surface area contributed by atoms with Gasteiger partial charge in [-0.2, -0.15) is 11.3 Å². The first-order valence-corrected chi connectivity index (χ1v) is 7.64. The number of hydrogen-bond donors (Lipinski definition) is 2. The standard InChI is InChI=1S/C16H14N4OS/c1-11(21)19-14-3-2-4-15(7-14)20-16-17-8-13(9-18-16)12-5-6-22-10-12/h2-10H,1H3,(H,19,21)(H,17,18,20). The summed E-state index contributed by atoms with van der Waals surface area (Å²) >= 11 is 1.64. The van der Waals surface area contributed by atoms with Crippen LogP contribution in [-0.4, -0.2) is 15.9 Å². The Hall–Kier alpha value is -2.73. The second kappa shape index (κ2) is 6.36. The number of aromatic nitrogens is 2. The zero-order valence-electron chi connectivity index (χ0n) is 11.9. The van der Waals surface area contributed by atoms with Gasteiger partial charge < -0.3 is 10.6 Å². The molecule has 22 heavy (non-hydrogen) atoms. The van der Waals surface area contributed by atoms with Gasteiger partial charge in [0.05, 0.1) is 0 Å². The molecule has 0 saturated carbocycles. The van der Waals surface area contributed by atoms with Crippen molar-refractivity contribution < 1.29 is 4.79 Å². The van der Waals surface area contributed by atoms with Gasteiger partial charge in [-0.1, -0.05) is 6.07 Å². The van der Waals surface area contributed by atoms with Crippen LogP contribution in [0.2, 0.25) is 0 Å². The number of nitrogens with one attached hydrogen (secondary N) is 2. The number of thiophene rings is 1. The topological polar surface area (TPSA) is 66.9 Å².